The Morgan fingerprint density at radius 3 is 2.83 bits per heavy atom. The van der Waals surface area contributed by atoms with E-state index >= 15 is 0 Å². The highest BCUT2D eigenvalue weighted by atomic mass is 35.5. The largest absolute Gasteiger partial charge is 0.394 e. The van der Waals surface area contributed by atoms with Crippen LogP contribution in [0.5, 0.6) is 0 Å². The number of rotatable bonds is 2. The maximum atomic E-state index is 8.71. The van der Waals surface area contributed by atoms with Gasteiger partial charge < -0.3 is 10.8 Å². The average Bonchev–Trinajstić information content (AvgIpc) is 2.04. The van der Waals surface area contributed by atoms with Crippen molar-refractivity contribution in [2.75, 3.05) is 6.61 Å². The number of nitrogens with two attached hydrogens (primary N) is 1. The number of aliphatic hydroxyl groups is 1. The van der Waals surface area contributed by atoms with E-state index in [2.05, 4.69) is 4.98 Å². The second-order valence-electron chi connectivity index (χ2n) is 2.19. The van der Waals surface area contributed by atoms with Gasteiger partial charge in [0.2, 0.25) is 0 Å². The molecule has 1 rings (SSSR count). The summed E-state index contributed by atoms with van der Waals surface area (Å²) in [6.45, 7) is -0.107. The zero-order valence-electron chi connectivity index (χ0n) is 6.27. The molecule has 0 saturated carbocycles. The first kappa shape index (κ1) is 11.6. The van der Waals surface area contributed by atoms with E-state index in [-0.39, 0.29) is 19.0 Å². The lowest BCUT2D eigenvalue weighted by Crippen LogP contribution is -2.14. The molecular formula is C7H10Cl2N2O. The average molecular weight is 209 g/mol. The van der Waals surface area contributed by atoms with Crippen LogP contribution in [0.3, 0.4) is 0 Å². The molecule has 0 spiro atoms. The highest BCUT2D eigenvalue weighted by Crippen LogP contribution is 2.18. The first-order valence-corrected chi connectivity index (χ1v) is 3.59. The molecule has 1 aromatic heterocycles. The summed E-state index contributed by atoms with van der Waals surface area (Å²) in [7, 11) is 0. The van der Waals surface area contributed by atoms with Crippen LogP contribution in [0.15, 0.2) is 18.5 Å². The summed E-state index contributed by atoms with van der Waals surface area (Å²) < 4.78 is 0. The molecule has 0 radical (unpaired) electrons. The molecule has 3 nitrogen and oxygen atoms in total. The van der Waals surface area contributed by atoms with Crippen molar-refractivity contribution in [3.05, 3.63) is 29.0 Å². The van der Waals surface area contributed by atoms with Crippen LogP contribution in [0, 0.1) is 0 Å². The van der Waals surface area contributed by atoms with Crippen molar-refractivity contribution in [2.45, 2.75) is 6.04 Å². The molecule has 1 heterocycles. The maximum absolute atomic E-state index is 8.71. The molecule has 0 unspecified atom stereocenters. The number of hydrogen-bond donors (Lipinski definition) is 2. The lowest BCUT2D eigenvalue weighted by molar-refractivity contribution is 0.268. The van der Waals surface area contributed by atoms with E-state index in [1.54, 1.807) is 12.3 Å². The first-order chi connectivity index (χ1) is 5.25. The normalized spacial score (nSPS) is 11.9. The van der Waals surface area contributed by atoms with Gasteiger partial charge in [0.25, 0.3) is 0 Å². The van der Waals surface area contributed by atoms with Crippen molar-refractivity contribution in [1.29, 1.82) is 0 Å². The van der Waals surface area contributed by atoms with Crippen LogP contribution < -0.4 is 5.73 Å². The number of hydrogen-bond acceptors (Lipinski definition) is 3. The topological polar surface area (TPSA) is 59.1 Å². The Labute approximate surface area is 82.0 Å². The van der Waals surface area contributed by atoms with Gasteiger partial charge in [0.1, 0.15) is 0 Å². The molecule has 0 amide bonds. The van der Waals surface area contributed by atoms with Crippen molar-refractivity contribution >= 4 is 24.0 Å². The Kier molecular flexibility index (Phi) is 5.17. The minimum absolute atomic E-state index is 0. The zero-order chi connectivity index (χ0) is 8.27. The van der Waals surface area contributed by atoms with E-state index in [0.717, 1.165) is 5.56 Å². The van der Waals surface area contributed by atoms with E-state index in [0.29, 0.717) is 5.02 Å². The third kappa shape index (κ3) is 2.60. The quantitative estimate of drug-likeness (QED) is 0.767. The van der Waals surface area contributed by atoms with Crippen LogP contribution in [0.2, 0.25) is 5.02 Å². The monoisotopic (exact) mass is 208 g/mol. The Morgan fingerprint density at radius 2 is 2.33 bits per heavy atom. The number of nitrogens with zero attached hydrogens (tertiary/aromatic N) is 1. The molecule has 3 N–H and O–H groups in total. The van der Waals surface area contributed by atoms with Crippen LogP contribution in [0.1, 0.15) is 11.6 Å². The van der Waals surface area contributed by atoms with E-state index in [1.807, 2.05) is 0 Å². The summed E-state index contributed by atoms with van der Waals surface area (Å²) >= 11 is 5.74. The zero-order valence-corrected chi connectivity index (χ0v) is 7.85. The third-order valence-corrected chi connectivity index (χ3v) is 1.72. The lowest BCUT2D eigenvalue weighted by Gasteiger charge is -2.08. The molecular weight excluding hydrogens is 199 g/mol. The van der Waals surface area contributed by atoms with Gasteiger partial charge in [-0.15, -0.1) is 12.4 Å². The predicted molar refractivity (Wildman–Crippen MR) is 50.5 cm³/mol. The fourth-order valence-electron chi connectivity index (χ4n) is 0.785. The van der Waals surface area contributed by atoms with Crippen molar-refractivity contribution in [3.8, 4) is 0 Å². The van der Waals surface area contributed by atoms with Gasteiger partial charge in [0, 0.05) is 12.4 Å². The van der Waals surface area contributed by atoms with Crippen LogP contribution in [0.25, 0.3) is 0 Å². The molecule has 0 aliphatic rings. The standard InChI is InChI=1S/C7H9ClN2O.ClH/c8-6-3-10-2-1-5(6)7(9)4-11;/h1-3,7,11H,4,9H2;1H/t7-;/m0./s1. The minimum Gasteiger partial charge on any atom is -0.394 e. The van der Waals surface area contributed by atoms with Crippen molar-refractivity contribution in [2.24, 2.45) is 5.73 Å². The molecule has 68 valence electrons. The number of pyridine rings is 1. The molecule has 12 heavy (non-hydrogen) atoms. The van der Waals surface area contributed by atoms with E-state index in [1.165, 1.54) is 6.20 Å². The molecule has 0 bridgehead atoms. The fourth-order valence-corrected chi connectivity index (χ4v) is 1.04. The van der Waals surface area contributed by atoms with Crippen LogP contribution in [-0.2, 0) is 0 Å². The predicted octanol–water partition coefficient (Wildman–Crippen LogP) is 1.15. The Morgan fingerprint density at radius 1 is 1.67 bits per heavy atom. The van der Waals surface area contributed by atoms with Crippen LogP contribution >= 0.6 is 24.0 Å². The number of halogens is 2. The smallest absolute Gasteiger partial charge is 0.0637 e. The van der Waals surface area contributed by atoms with E-state index < -0.39 is 6.04 Å². The number of aliphatic hydroxyl groups excluding tert-OH is 1. The van der Waals surface area contributed by atoms with Crippen molar-refractivity contribution in [3.63, 3.8) is 0 Å². The maximum Gasteiger partial charge on any atom is 0.0637 e. The lowest BCUT2D eigenvalue weighted by atomic mass is 10.1. The first-order valence-electron chi connectivity index (χ1n) is 3.21. The Balaban J connectivity index is 0.00000121. The van der Waals surface area contributed by atoms with E-state index in [9.17, 15) is 0 Å². The molecule has 0 saturated heterocycles. The van der Waals surface area contributed by atoms with Gasteiger partial charge in [-0.05, 0) is 11.6 Å². The van der Waals surface area contributed by atoms with Gasteiger partial charge in [-0.1, -0.05) is 11.6 Å². The fraction of sp³-hybridized carbons (Fsp3) is 0.286. The van der Waals surface area contributed by atoms with Crippen molar-refractivity contribution in [1.82, 2.24) is 4.98 Å². The summed E-state index contributed by atoms with van der Waals surface area (Å²) in [5.41, 5.74) is 6.26. The summed E-state index contributed by atoms with van der Waals surface area (Å²) in [6, 6.07) is 1.29. The summed E-state index contributed by atoms with van der Waals surface area (Å²) in [4.78, 5) is 3.79. The Hall–Kier alpha value is -0.350. The summed E-state index contributed by atoms with van der Waals surface area (Å²) in [6.07, 6.45) is 3.10. The van der Waals surface area contributed by atoms with Crippen molar-refractivity contribution < 1.29 is 5.11 Å². The molecule has 0 aliphatic heterocycles. The van der Waals surface area contributed by atoms with Gasteiger partial charge >= 0.3 is 0 Å². The van der Waals surface area contributed by atoms with Gasteiger partial charge in [-0.2, -0.15) is 0 Å². The molecule has 0 fully saturated rings. The molecule has 1 aromatic rings. The molecule has 1 atom stereocenters. The minimum atomic E-state index is -0.412. The number of aromatic nitrogens is 1. The summed E-state index contributed by atoms with van der Waals surface area (Å²) in [5.74, 6) is 0. The van der Waals surface area contributed by atoms with Gasteiger partial charge in [-0.25, -0.2) is 0 Å². The highest BCUT2D eigenvalue weighted by Gasteiger charge is 2.07. The third-order valence-electron chi connectivity index (χ3n) is 1.40. The molecule has 5 heteroatoms. The molecule has 0 aromatic carbocycles. The van der Waals surface area contributed by atoms with Crippen LogP contribution in [-0.4, -0.2) is 16.7 Å². The van der Waals surface area contributed by atoms with Gasteiger partial charge in [0.05, 0.1) is 17.7 Å². The second-order valence-corrected chi connectivity index (χ2v) is 2.59. The van der Waals surface area contributed by atoms with Crippen LogP contribution in [0.4, 0.5) is 0 Å². The second kappa shape index (κ2) is 5.32. The highest BCUT2D eigenvalue weighted by molar-refractivity contribution is 6.31. The summed E-state index contributed by atoms with van der Waals surface area (Å²) in [5, 5.41) is 9.20. The Bertz CT molecular complexity index is 245. The molecule has 0 aliphatic carbocycles. The van der Waals surface area contributed by atoms with E-state index in [4.69, 9.17) is 22.4 Å². The van der Waals surface area contributed by atoms with Gasteiger partial charge in [0.15, 0.2) is 0 Å². The van der Waals surface area contributed by atoms with Gasteiger partial charge in [-0.3, -0.25) is 4.98 Å². The SMILES string of the molecule is Cl.N[C@@H](CO)c1ccncc1Cl.